The number of pyridine rings is 1. The van der Waals surface area contributed by atoms with Crippen LogP contribution in [0.4, 0.5) is 0 Å². The van der Waals surface area contributed by atoms with Crippen LogP contribution in [-0.4, -0.2) is 30.9 Å². The zero-order chi connectivity index (χ0) is 19.3. The molecule has 0 saturated heterocycles. The third kappa shape index (κ3) is 2.61. The van der Waals surface area contributed by atoms with Crippen LogP contribution in [0.1, 0.15) is 34.5 Å². The molecule has 0 spiro atoms. The smallest absolute Gasteiger partial charge is 0.354 e. The zero-order valence-corrected chi connectivity index (χ0v) is 15.7. The number of benzene rings is 2. The van der Waals surface area contributed by atoms with Crippen LogP contribution >= 0.6 is 0 Å². The normalized spacial score (nSPS) is 13.6. The van der Waals surface area contributed by atoms with Crippen LogP contribution in [0.15, 0.2) is 42.5 Å². The molecule has 0 atom stereocenters. The number of fused-ring (bicyclic) bond motifs is 5. The molecule has 136 valence electrons. The molecule has 4 nitrogen and oxygen atoms in total. The van der Waals surface area contributed by atoms with Gasteiger partial charge in [-0.25, -0.2) is 9.78 Å². The Morgan fingerprint density at radius 2 is 1.82 bits per heavy atom. The van der Waals surface area contributed by atoms with E-state index in [1.807, 2.05) is 42.5 Å². The molecule has 0 aliphatic heterocycles. The summed E-state index contributed by atoms with van der Waals surface area (Å²) in [6, 6.07) is 13.8. The monoisotopic (exact) mass is 366 g/mol. The topological polar surface area (TPSA) is 55.0 Å². The molecule has 1 aliphatic rings. The lowest BCUT2D eigenvalue weighted by Gasteiger charge is -2.22. The fourth-order valence-electron chi connectivity index (χ4n) is 4.33. The number of aryl methyl sites for hydroxylation is 1. The first-order chi connectivity index (χ1) is 13.7. The molecule has 28 heavy (non-hydrogen) atoms. The van der Waals surface area contributed by atoms with E-state index in [1.54, 1.807) is 0 Å². The predicted octanol–water partition coefficient (Wildman–Crippen LogP) is 3.84. The van der Waals surface area contributed by atoms with Crippen molar-refractivity contribution in [1.82, 2.24) is 9.97 Å². The van der Waals surface area contributed by atoms with Crippen molar-refractivity contribution in [3.63, 3.8) is 0 Å². The van der Waals surface area contributed by atoms with Crippen LogP contribution in [0.2, 0.25) is 0 Å². The largest absolute Gasteiger partial charge is 0.464 e. The van der Waals surface area contributed by atoms with E-state index in [2.05, 4.69) is 4.98 Å². The molecular weight excluding hydrogens is 347 g/mol. The van der Waals surface area contributed by atoms with Gasteiger partial charge < -0.3 is 9.72 Å². The molecule has 0 bridgehead atoms. The summed E-state index contributed by atoms with van der Waals surface area (Å²) in [5.74, 6) is -0.357. The lowest BCUT2D eigenvalue weighted by molar-refractivity contribution is 0.0595. The van der Waals surface area contributed by atoms with Gasteiger partial charge in [0.2, 0.25) is 0 Å². The molecule has 4 aromatic rings. The highest BCUT2D eigenvalue weighted by Gasteiger charge is 2.22. The number of H-pyrrole nitrogens is 1. The van der Waals surface area contributed by atoms with Crippen molar-refractivity contribution >= 4 is 41.1 Å². The average molecular weight is 366 g/mol. The minimum Gasteiger partial charge on any atom is -0.464 e. The van der Waals surface area contributed by atoms with E-state index in [9.17, 15) is 4.79 Å². The molecule has 2 aromatic heterocycles. The van der Waals surface area contributed by atoms with Gasteiger partial charge in [0.25, 0.3) is 0 Å². The number of nitrogens with one attached hydrogen (secondary N) is 1. The molecule has 0 amide bonds. The summed E-state index contributed by atoms with van der Waals surface area (Å²) >= 11 is 0. The molecule has 5 rings (SSSR count). The average Bonchev–Trinajstić information content (AvgIpc) is 3.17. The fourth-order valence-corrected chi connectivity index (χ4v) is 4.33. The Morgan fingerprint density at radius 1 is 1.07 bits per heavy atom. The second-order valence-corrected chi connectivity index (χ2v) is 7.34. The van der Waals surface area contributed by atoms with Gasteiger partial charge in [-0.1, -0.05) is 29.7 Å². The minimum atomic E-state index is -0.357. The Labute approximate surface area is 164 Å². The van der Waals surface area contributed by atoms with Crippen LogP contribution in [0, 0.1) is 0 Å². The van der Waals surface area contributed by atoms with Gasteiger partial charge >= 0.3 is 5.97 Å². The Balaban J connectivity index is 1.82. The number of rotatable bonds is 2. The first-order valence-corrected chi connectivity index (χ1v) is 9.57. The summed E-state index contributed by atoms with van der Waals surface area (Å²) in [6.07, 6.45) is 4.37. The van der Waals surface area contributed by atoms with Crippen LogP contribution in [0.3, 0.4) is 0 Å². The number of ether oxygens (including phenoxy) is 1. The lowest BCUT2D eigenvalue weighted by Crippen LogP contribution is -2.08. The van der Waals surface area contributed by atoms with Gasteiger partial charge in [-0.05, 0) is 55.0 Å². The van der Waals surface area contributed by atoms with Gasteiger partial charge in [0.05, 0.1) is 18.3 Å². The molecule has 0 fully saturated rings. The summed E-state index contributed by atoms with van der Waals surface area (Å²) in [6.45, 7) is 0. The molecule has 2 radical (unpaired) electrons. The molecule has 1 aliphatic carbocycles. The third-order valence-corrected chi connectivity index (χ3v) is 5.66. The Bertz CT molecular complexity index is 1230. The Kier molecular flexibility index (Phi) is 3.97. The summed E-state index contributed by atoms with van der Waals surface area (Å²) in [7, 11) is 7.27. The van der Waals surface area contributed by atoms with Crippen molar-refractivity contribution in [2.75, 3.05) is 7.11 Å². The maximum absolute atomic E-state index is 12.0. The fraction of sp³-hybridized carbons (Fsp3) is 0.217. The quantitative estimate of drug-likeness (QED) is 0.433. The number of carbonyl (C=O) groups is 1. The van der Waals surface area contributed by atoms with E-state index in [0.29, 0.717) is 5.69 Å². The summed E-state index contributed by atoms with van der Waals surface area (Å²) in [5.41, 5.74) is 7.92. The van der Waals surface area contributed by atoms with Crippen molar-refractivity contribution in [3.05, 3.63) is 59.3 Å². The predicted molar refractivity (Wildman–Crippen MR) is 112 cm³/mol. The summed E-state index contributed by atoms with van der Waals surface area (Å²) in [4.78, 5) is 20.2. The van der Waals surface area contributed by atoms with Gasteiger partial charge in [0, 0.05) is 21.9 Å². The van der Waals surface area contributed by atoms with Crippen LogP contribution in [-0.2, 0) is 17.6 Å². The second kappa shape index (κ2) is 6.52. The van der Waals surface area contributed by atoms with Crippen molar-refractivity contribution in [2.45, 2.75) is 25.7 Å². The highest BCUT2D eigenvalue weighted by atomic mass is 16.5. The minimum absolute atomic E-state index is 0.357. The number of nitrogens with zero attached hydrogens (tertiary/aromatic N) is 1. The van der Waals surface area contributed by atoms with Gasteiger partial charge in [0.15, 0.2) is 0 Å². The van der Waals surface area contributed by atoms with Crippen LogP contribution in [0.5, 0.6) is 0 Å². The summed E-state index contributed by atoms with van der Waals surface area (Å²) in [5, 5.41) is 2.19. The number of aromatic nitrogens is 2. The zero-order valence-electron chi connectivity index (χ0n) is 15.7. The molecular formula is C23H19BN2O2. The van der Waals surface area contributed by atoms with E-state index in [4.69, 9.17) is 17.6 Å². The van der Waals surface area contributed by atoms with Gasteiger partial charge in [-0.3, -0.25) is 0 Å². The lowest BCUT2D eigenvalue weighted by atomic mass is 9.85. The highest BCUT2D eigenvalue weighted by molar-refractivity contribution is 6.32. The molecule has 0 unspecified atom stereocenters. The van der Waals surface area contributed by atoms with Crippen molar-refractivity contribution in [1.29, 1.82) is 0 Å². The number of methoxy groups -OCH3 is 1. The van der Waals surface area contributed by atoms with Gasteiger partial charge in [0.1, 0.15) is 13.5 Å². The van der Waals surface area contributed by atoms with Gasteiger partial charge in [-0.15, -0.1) is 0 Å². The van der Waals surface area contributed by atoms with E-state index < -0.39 is 0 Å². The van der Waals surface area contributed by atoms with Crippen molar-refractivity contribution < 1.29 is 9.53 Å². The van der Waals surface area contributed by atoms with Crippen molar-refractivity contribution in [3.8, 4) is 11.3 Å². The second-order valence-electron chi connectivity index (χ2n) is 7.34. The van der Waals surface area contributed by atoms with E-state index >= 15 is 0 Å². The SMILES string of the molecule is [B]c1ccc(-c2nc3ccc4[nH]c(C(=O)OC)cc4c3c3c2CCCC3)cc1. The number of esters is 1. The maximum atomic E-state index is 12.0. The van der Waals surface area contributed by atoms with E-state index in [0.717, 1.165) is 57.8 Å². The molecule has 5 heteroatoms. The van der Waals surface area contributed by atoms with Crippen LogP contribution in [0.25, 0.3) is 33.1 Å². The number of aromatic amines is 1. The van der Waals surface area contributed by atoms with Crippen LogP contribution < -0.4 is 5.46 Å². The molecule has 2 aromatic carbocycles. The number of carbonyl (C=O) groups excluding carboxylic acids is 1. The van der Waals surface area contributed by atoms with Gasteiger partial charge in [-0.2, -0.15) is 0 Å². The summed E-state index contributed by atoms with van der Waals surface area (Å²) < 4.78 is 4.88. The Morgan fingerprint density at radius 3 is 2.57 bits per heavy atom. The van der Waals surface area contributed by atoms with Crippen molar-refractivity contribution in [2.24, 2.45) is 0 Å². The van der Waals surface area contributed by atoms with E-state index in [1.165, 1.54) is 24.7 Å². The van der Waals surface area contributed by atoms with E-state index in [-0.39, 0.29) is 5.97 Å². The maximum Gasteiger partial charge on any atom is 0.354 e. The highest BCUT2D eigenvalue weighted by Crippen LogP contribution is 2.38. The standard InChI is InChI=1S/C23H19BN2O2/c1-28-23(27)20-12-17-18(25-20)10-11-19-21(17)15-4-2-3-5-16(15)22(26-19)13-6-8-14(24)9-7-13/h6-12,25H,2-5H2,1H3. The molecule has 1 N–H and O–H groups in total. The third-order valence-electron chi connectivity index (χ3n) is 5.66. The number of hydrogen-bond acceptors (Lipinski definition) is 3. The number of hydrogen-bond donors (Lipinski definition) is 1. The Hall–Kier alpha value is -3.08. The first-order valence-electron chi connectivity index (χ1n) is 9.57. The molecule has 2 heterocycles. The molecule has 0 saturated carbocycles. The first kappa shape index (κ1) is 17.1.